The molecule has 1 aromatic carbocycles. The summed E-state index contributed by atoms with van der Waals surface area (Å²) < 4.78 is 41.3. The topological polar surface area (TPSA) is 64.6 Å². The number of methoxy groups -OCH3 is 4. The summed E-state index contributed by atoms with van der Waals surface area (Å²) in [4.78, 5) is 0. The van der Waals surface area contributed by atoms with Crippen molar-refractivity contribution in [3.8, 4) is 5.75 Å². The van der Waals surface area contributed by atoms with Gasteiger partial charge in [-0.1, -0.05) is 18.7 Å². The zero-order chi connectivity index (χ0) is 21.2. The van der Waals surface area contributed by atoms with Crippen LogP contribution in [0.15, 0.2) is 36.4 Å². The van der Waals surface area contributed by atoms with Gasteiger partial charge in [0.15, 0.2) is 0 Å². The standard InChI is InChI=1S/C22H32O7/c1-14-12-17(24-5)19(27-13-15-8-10-16(23-4)11-9-15)20-18(14)28-21(2,25-6)22(3,26-7)29-20/h8-11,17-20H,1,12-13H2,2-7H3/t17-,18+,19+,20-,21-,22-/m0/s1. The molecule has 0 aromatic heterocycles. The maximum atomic E-state index is 6.42. The van der Waals surface area contributed by atoms with E-state index in [0.717, 1.165) is 16.9 Å². The zero-order valence-electron chi connectivity index (χ0n) is 18.1. The third-order valence-corrected chi connectivity index (χ3v) is 6.08. The molecule has 162 valence electrons. The van der Waals surface area contributed by atoms with Gasteiger partial charge in [-0.05, 0) is 43.5 Å². The Kier molecular flexibility index (Phi) is 6.67. The summed E-state index contributed by atoms with van der Waals surface area (Å²) in [5, 5.41) is 0. The highest BCUT2D eigenvalue weighted by atomic mass is 16.8. The Morgan fingerprint density at radius 2 is 1.62 bits per heavy atom. The molecule has 1 aliphatic heterocycles. The van der Waals surface area contributed by atoms with Crippen LogP contribution in [0.4, 0.5) is 0 Å². The average molecular weight is 408 g/mol. The Bertz CT molecular complexity index is 706. The molecule has 0 N–H and O–H groups in total. The highest BCUT2D eigenvalue weighted by Crippen LogP contribution is 2.45. The van der Waals surface area contributed by atoms with Crippen molar-refractivity contribution in [3.63, 3.8) is 0 Å². The Hall–Kier alpha value is -1.48. The van der Waals surface area contributed by atoms with Gasteiger partial charge in [-0.2, -0.15) is 0 Å². The van der Waals surface area contributed by atoms with Gasteiger partial charge in [-0.3, -0.25) is 0 Å². The van der Waals surface area contributed by atoms with Crippen LogP contribution >= 0.6 is 0 Å². The summed E-state index contributed by atoms with van der Waals surface area (Å²) in [5.74, 6) is -1.41. The molecule has 1 saturated heterocycles. The lowest BCUT2D eigenvalue weighted by molar-refractivity contribution is -0.455. The number of hydrogen-bond acceptors (Lipinski definition) is 7. The lowest BCUT2D eigenvalue weighted by Gasteiger charge is -2.56. The van der Waals surface area contributed by atoms with Gasteiger partial charge < -0.3 is 33.2 Å². The van der Waals surface area contributed by atoms with Crippen molar-refractivity contribution >= 4 is 0 Å². The van der Waals surface area contributed by atoms with Crippen molar-refractivity contribution < 1.29 is 33.2 Å². The molecular weight excluding hydrogens is 376 g/mol. The van der Waals surface area contributed by atoms with Crippen molar-refractivity contribution in [2.45, 2.75) is 62.9 Å². The predicted molar refractivity (Wildman–Crippen MR) is 107 cm³/mol. The van der Waals surface area contributed by atoms with Gasteiger partial charge >= 0.3 is 0 Å². The van der Waals surface area contributed by atoms with E-state index in [2.05, 4.69) is 6.58 Å². The highest BCUT2D eigenvalue weighted by Gasteiger charge is 2.60. The molecule has 0 bridgehead atoms. The molecule has 6 atom stereocenters. The number of benzene rings is 1. The summed E-state index contributed by atoms with van der Waals surface area (Å²) in [6.07, 6.45) is -0.812. The molecule has 0 unspecified atom stereocenters. The smallest absolute Gasteiger partial charge is 0.220 e. The minimum Gasteiger partial charge on any atom is -0.497 e. The van der Waals surface area contributed by atoms with Crippen LogP contribution < -0.4 is 4.74 Å². The van der Waals surface area contributed by atoms with Crippen molar-refractivity contribution in [2.75, 3.05) is 28.4 Å². The fourth-order valence-electron chi connectivity index (χ4n) is 3.90. The van der Waals surface area contributed by atoms with Crippen LogP contribution in [-0.2, 0) is 35.0 Å². The van der Waals surface area contributed by atoms with E-state index in [0.29, 0.717) is 13.0 Å². The number of ether oxygens (including phenoxy) is 7. The van der Waals surface area contributed by atoms with Gasteiger partial charge in [0.05, 0.1) is 19.8 Å². The fourth-order valence-corrected chi connectivity index (χ4v) is 3.90. The second-order valence-electron chi connectivity index (χ2n) is 7.68. The number of hydrogen-bond donors (Lipinski definition) is 0. The van der Waals surface area contributed by atoms with E-state index in [1.165, 1.54) is 0 Å². The van der Waals surface area contributed by atoms with Crippen LogP contribution in [0.25, 0.3) is 0 Å². The average Bonchev–Trinajstić information content (AvgIpc) is 2.74. The SMILES string of the molecule is C=C1C[C@H](OC)[C@@H](OCc2ccc(OC)cc2)[C@H]2O[C@](C)(OC)[C@@](C)(OC)O[C@H]12. The van der Waals surface area contributed by atoms with Gasteiger partial charge in [0.1, 0.15) is 24.1 Å². The summed E-state index contributed by atoms with van der Waals surface area (Å²) in [6, 6.07) is 7.76. The van der Waals surface area contributed by atoms with Crippen molar-refractivity contribution in [1.82, 2.24) is 0 Å². The summed E-state index contributed by atoms with van der Waals surface area (Å²) in [6.45, 7) is 8.19. The van der Waals surface area contributed by atoms with Crippen LogP contribution in [0.2, 0.25) is 0 Å². The molecule has 2 fully saturated rings. The minimum atomic E-state index is -1.12. The molecule has 3 rings (SSSR count). The quantitative estimate of drug-likeness (QED) is 0.643. The molecule has 0 amide bonds. The summed E-state index contributed by atoms with van der Waals surface area (Å²) in [5.41, 5.74) is 1.90. The van der Waals surface area contributed by atoms with E-state index < -0.39 is 23.8 Å². The summed E-state index contributed by atoms with van der Waals surface area (Å²) in [7, 11) is 6.45. The Labute approximate surface area is 172 Å². The molecule has 1 aliphatic carbocycles. The van der Waals surface area contributed by atoms with Gasteiger partial charge in [0.2, 0.25) is 11.6 Å². The predicted octanol–water partition coefficient (Wildman–Crippen LogP) is 3.06. The van der Waals surface area contributed by atoms with E-state index in [4.69, 9.17) is 33.2 Å². The first-order valence-corrected chi connectivity index (χ1v) is 9.71. The monoisotopic (exact) mass is 408 g/mol. The Morgan fingerprint density at radius 3 is 2.17 bits per heavy atom. The lowest BCUT2D eigenvalue weighted by atomic mass is 9.83. The van der Waals surface area contributed by atoms with Crippen LogP contribution in [0, 0.1) is 0 Å². The van der Waals surface area contributed by atoms with Crippen molar-refractivity contribution in [2.24, 2.45) is 0 Å². The molecule has 1 heterocycles. The van der Waals surface area contributed by atoms with E-state index in [1.54, 1.807) is 42.3 Å². The van der Waals surface area contributed by atoms with Gasteiger partial charge in [0.25, 0.3) is 0 Å². The molecule has 0 spiro atoms. The first-order valence-electron chi connectivity index (χ1n) is 9.71. The minimum absolute atomic E-state index is 0.210. The van der Waals surface area contributed by atoms with Gasteiger partial charge in [-0.15, -0.1) is 0 Å². The van der Waals surface area contributed by atoms with Crippen LogP contribution in [0.5, 0.6) is 5.75 Å². The first kappa shape index (κ1) is 22.2. The van der Waals surface area contributed by atoms with E-state index >= 15 is 0 Å². The maximum Gasteiger partial charge on any atom is 0.220 e. The largest absolute Gasteiger partial charge is 0.497 e. The van der Waals surface area contributed by atoms with Crippen LogP contribution in [-0.4, -0.2) is 64.4 Å². The third-order valence-electron chi connectivity index (χ3n) is 6.08. The molecule has 29 heavy (non-hydrogen) atoms. The second-order valence-corrected chi connectivity index (χ2v) is 7.68. The van der Waals surface area contributed by atoms with Crippen molar-refractivity contribution in [3.05, 3.63) is 42.0 Å². The van der Waals surface area contributed by atoms with E-state index in [-0.39, 0.29) is 12.2 Å². The third kappa shape index (κ3) is 4.08. The first-order chi connectivity index (χ1) is 13.8. The fraction of sp³-hybridized carbons (Fsp3) is 0.636. The molecule has 0 radical (unpaired) electrons. The summed E-state index contributed by atoms with van der Waals surface area (Å²) >= 11 is 0. The maximum absolute atomic E-state index is 6.42. The number of fused-ring (bicyclic) bond motifs is 1. The molecule has 1 aromatic rings. The zero-order valence-corrected chi connectivity index (χ0v) is 18.1. The van der Waals surface area contributed by atoms with Crippen LogP contribution in [0.3, 0.4) is 0 Å². The highest BCUT2D eigenvalue weighted by molar-refractivity contribution is 5.27. The Morgan fingerprint density at radius 1 is 1.00 bits per heavy atom. The van der Waals surface area contributed by atoms with Crippen molar-refractivity contribution in [1.29, 1.82) is 0 Å². The molecule has 7 nitrogen and oxygen atoms in total. The molecule has 7 heteroatoms. The molecule has 2 aliphatic rings. The second kappa shape index (κ2) is 8.71. The molecular formula is C22H32O7. The normalized spacial score (nSPS) is 37.2. The van der Waals surface area contributed by atoms with E-state index in [9.17, 15) is 0 Å². The van der Waals surface area contributed by atoms with E-state index in [1.807, 2.05) is 24.3 Å². The Balaban J connectivity index is 1.83. The number of rotatable bonds is 7. The van der Waals surface area contributed by atoms with Gasteiger partial charge in [-0.25, -0.2) is 0 Å². The molecule has 1 saturated carbocycles. The van der Waals surface area contributed by atoms with Gasteiger partial charge in [0, 0.05) is 21.3 Å². The lowest BCUT2D eigenvalue weighted by Crippen LogP contribution is -2.70. The van der Waals surface area contributed by atoms with Crippen LogP contribution in [0.1, 0.15) is 25.8 Å².